The first kappa shape index (κ1) is 30.9. The molecule has 2 heterocycles. The van der Waals surface area contributed by atoms with Crippen LogP contribution in [0, 0.1) is 0 Å². The van der Waals surface area contributed by atoms with Crippen molar-refractivity contribution in [3.05, 3.63) is 81.8 Å². The van der Waals surface area contributed by atoms with Crippen LogP contribution in [0.2, 0.25) is 5.28 Å². The molecule has 0 bridgehead atoms. The topological polar surface area (TPSA) is 110 Å². The first-order valence-corrected chi connectivity index (χ1v) is 12.6. The molecule has 0 saturated heterocycles. The first-order chi connectivity index (χ1) is 18.1. The Morgan fingerprint density at radius 2 is 1.95 bits per heavy atom. The van der Waals surface area contributed by atoms with Crippen molar-refractivity contribution in [3.8, 4) is 0 Å². The highest BCUT2D eigenvalue weighted by molar-refractivity contribution is 6.28. The van der Waals surface area contributed by atoms with Gasteiger partial charge in [-0.3, -0.25) is 4.79 Å². The van der Waals surface area contributed by atoms with Crippen molar-refractivity contribution in [2.75, 3.05) is 24.6 Å². The second-order valence-corrected chi connectivity index (χ2v) is 8.73. The third-order valence-corrected chi connectivity index (χ3v) is 5.77. The molecule has 0 saturated carbocycles. The van der Waals surface area contributed by atoms with Crippen LogP contribution in [-0.2, 0) is 30.5 Å². The Labute approximate surface area is 226 Å². The highest BCUT2D eigenvalue weighted by Gasteiger charge is 2.31. The molecule has 7 nitrogen and oxygen atoms in total. The van der Waals surface area contributed by atoms with Gasteiger partial charge in [-0.15, -0.1) is 0 Å². The second kappa shape index (κ2) is 14.5. The van der Waals surface area contributed by atoms with Crippen molar-refractivity contribution in [1.29, 1.82) is 0 Å². The van der Waals surface area contributed by atoms with E-state index in [4.69, 9.17) is 17.3 Å². The van der Waals surface area contributed by atoms with Gasteiger partial charge in [-0.2, -0.15) is 13.2 Å². The van der Waals surface area contributed by atoms with Gasteiger partial charge in [0.05, 0.1) is 17.8 Å². The lowest BCUT2D eigenvalue weighted by Gasteiger charge is -2.30. The summed E-state index contributed by atoms with van der Waals surface area (Å²) >= 11 is 6.12. The molecule has 0 spiro atoms. The van der Waals surface area contributed by atoms with E-state index >= 15 is 0 Å². The number of allylic oxidation sites excluding steroid dienone is 4. The van der Waals surface area contributed by atoms with Crippen molar-refractivity contribution < 1.29 is 18.0 Å². The number of carbonyl (C=O) groups excluding carboxylic acids is 1. The zero-order valence-corrected chi connectivity index (χ0v) is 22.5. The van der Waals surface area contributed by atoms with E-state index in [0.29, 0.717) is 41.2 Å². The molecular formula is C27H34ClF3N6O. The summed E-state index contributed by atoms with van der Waals surface area (Å²) in [4.78, 5) is 23.6. The van der Waals surface area contributed by atoms with E-state index in [0.717, 1.165) is 25.0 Å². The van der Waals surface area contributed by atoms with Gasteiger partial charge in [0.1, 0.15) is 5.82 Å². The number of anilines is 2. The molecule has 1 amide bonds. The molecule has 11 heteroatoms. The van der Waals surface area contributed by atoms with E-state index in [1.165, 1.54) is 13.1 Å². The van der Waals surface area contributed by atoms with Crippen LogP contribution in [0.4, 0.5) is 24.7 Å². The molecule has 0 unspecified atom stereocenters. The maximum atomic E-state index is 13.3. The fraction of sp³-hybridized carbons (Fsp3) is 0.370. The summed E-state index contributed by atoms with van der Waals surface area (Å²) in [7, 11) is 1.50. The Kier molecular flexibility index (Phi) is 11.8. The zero-order chi connectivity index (χ0) is 28.3. The van der Waals surface area contributed by atoms with Gasteiger partial charge in [0.2, 0.25) is 5.28 Å². The fourth-order valence-corrected chi connectivity index (χ4v) is 4.04. The van der Waals surface area contributed by atoms with Gasteiger partial charge in [-0.05, 0) is 61.8 Å². The molecule has 1 aromatic carbocycles. The highest BCUT2D eigenvalue weighted by Crippen LogP contribution is 2.32. The van der Waals surface area contributed by atoms with Gasteiger partial charge < -0.3 is 21.7 Å². The minimum atomic E-state index is -4.51. The van der Waals surface area contributed by atoms with Crippen LogP contribution in [0.1, 0.15) is 49.1 Å². The van der Waals surface area contributed by atoms with Crippen LogP contribution in [0.25, 0.3) is 0 Å². The number of amides is 1. The lowest BCUT2D eigenvalue weighted by molar-refractivity contribution is -0.137. The monoisotopic (exact) mass is 550 g/mol. The average molecular weight is 551 g/mol. The van der Waals surface area contributed by atoms with Crippen LogP contribution in [0.3, 0.4) is 0 Å². The quantitative estimate of drug-likeness (QED) is 0.169. The number of aromatic nitrogens is 2. The summed E-state index contributed by atoms with van der Waals surface area (Å²) in [6.07, 6.45) is 6.95. The van der Waals surface area contributed by atoms with Crippen LogP contribution in [-0.4, -0.2) is 34.4 Å². The lowest BCUT2D eigenvalue weighted by Crippen LogP contribution is -2.37. The van der Waals surface area contributed by atoms with Crippen molar-refractivity contribution in [1.82, 2.24) is 14.9 Å². The van der Waals surface area contributed by atoms with E-state index in [-0.39, 0.29) is 30.0 Å². The number of carbonyl (C=O) groups is 1. The number of hydrogen-bond donors (Lipinski definition) is 3. The summed E-state index contributed by atoms with van der Waals surface area (Å²) in [5.41, 5.74) is 11.7. The van der Waals surface area contributed by atoms with Crippen molar-refractivity contribution in [2.24, 2.45) is 5.73 Å². The number of halogens is 4. The number of nitrogen functional groups attached to an aromatic ring is 1. The molecule has 5 N–H and O–H groups in total. The normalized spacial score (nSPS) is 13.9. The Bertz CT molecular complexity index is 1190. The van der Waals surface area contributed by atoms with Crippen LogP contribution >= 0.6 is 11.6 Å². The molecule has 2 aromatic rings. The summed E-state index contributed by atoms with van der Waals surface area (Å²) in [5, 5.41) is 3.09. The number of fused-ring (bicyclic) bond motifs is 1. The molecule has 0 atom stereocenters. The Balaban J connectivity index is 0.00000247. The summed E-state index contributed by atoms with van der Waals surface area (Å²) in [5.74, 6) is 0.267. The number of hydrogen-bond acceptors (Lipinski definition) is 6. The number of rotatable bonds is 8. The first-order valence-electron chi connectivity index (χ1n) is 12.2. The minimum absolute atomic E-state index is 0.0125. The van der Waals surface area contributed by atoms with E-state index < -0.39 is 11.7 Å². The van der Waals surface area contributed by atoms with Crippen molar-refractivity contribution >= 4 is 29.0 Å². The van der Waals surface area contributed by atoms with E-state index in [1.54, 1.807) is 11.0 Å². The SMILES string of the molecule is CN.C\C=C/C=C\C(=C\CCC)C(=O)N1CCc2nc(Cl)nc(NCc3cc(N)cc(C(F)(F)F)c3)c2C1. The number of unbranched alkanes of at least 4 members (excludes halogenated alkanes) is 1. The molecule has 0 aliphatic carbocycles. The largest absolute Gasteiger partial charge is 0.416 e. The standard InChI is InChI=1S/C26H29ClF3N5O.CH5N/c1-3-5-7-9-18(8-6-4-2)24(36)35-11-10-22-21(16-35)23(34-25(27)33-22)32-15-17-12-19(26(28,29)30)14-20(31)13-17;1-2/h3,5,7-9,12-14H,4,6,10-11,15-16,31H2,1-2H3,(H,32,33,34);2H2,1H3/b5-3-,9-7-,18-8-;. The van der Waals surface area contributed by atoms with Gasteiger partial charge in [0.25, 0.3) is 5.91 Å². The Hall–Kier alpha value is -3.37. The smallest absolute Gasteiger partial charge is 0.399 e. The van der Waals surface area contributed by atoms with Gasteiger partial charge in [-0.1, -0.05) is 37.6 Å². The van der Waals surface area contributed by atoms with Crippen molar-refractivity contribution in [3.63, 3.8) is 0 Å². The molecule has 1 aliphatic heterocycles. The fourth-order valence-electron chi connectivity index (χ4n) is 3.85. The molecule has 38 heavy (non-hydrogen) atoms. The van der Waals surface area contributed by atoms with Crippen LogP contribution < -0.4 is 16.8 Å². The number of benzene rings is 1. The third-order valence-electron chi connectivity index (χ3n) is 5.60. The molecular weight excluding hydrogens is 517 g/mol. The minimum Gasteiger partial charge on any atom is -0.399 e. The summed E-state index contributed by atoms with van der Waals surface area (Å²) in [6, 6.07) is 3.40. The number of nitrogens with two attached hydrogens (primary N) is 2. The molecule has 1 aromatic heterocycles. The van der Waals surface area contributed by atoms with Crippen LogP contribution in [0.5, 0.6) is 0 Å². The third kappa shape index (κ3) is 8.59. The molecule has 1 aliphatic rings. The van der Waals surface area contributed by atoms with Crippen molar-refractivity contribution in [2.45, 2.75) is 52.4 Å². The number of nitrogens with zero attached hydrogens (tertiary/aromatic N) is 3. The number of nitrogens with one attached hydrogen (secondary N) is 1. The van der Waals surface area contributed by atoms with Gasteiger partial charge in [-0.25, -0.2) is 9.97 Å². The van der Waals surface area contributed by atoms with E-state index in [9.17, 15) is 18.0 Å². The van der Waals surface area contributed by atoms with Gasteiger partial charge in [0.15, 0.2) is 0 Å². The predicted molar refractivity (Wildman–Crippen MR) is 146 cm³/mol. The molecule has 0 radical (unpaired) electrons. The predicted octanol–water partition coefficient (Wildman–Crippen LogP) is 5.66. The van der Waals surface area contributed by atoms with E-state index in [1.807, 2.05) is 38.2 Å². The van der Waals surface area contributed by atoms with Crippen LogP contribution in [0.15, 0.2) is 54.2 Å². The number of alkyl halides is 3. The van der Waals surface area contributed by atoms with Gasteiger partial charge >= 0.3 is 6.18 Å². The Morgan fingerprint density at radius 3 is 2.61 bits per heavy atom. The summed E-state index contributed by atoms with van der Waals surface area (Å²) in [6.45, 7) is 4.69. The van der Waals surface area contributed by atoms with E-state index in [2.05, 4.69) is 21.0 Å². The maximum Gasteiger partial charge on any atom is 0.416 e. The Morgan fingerprint density at radius 1 is 1.21 bits per heavy atom. The molecule has 0 fully saturated rings. The average Bonchev–Trinajstić information content (AvgIpc) is 2.89. The summed E-state index contributed by atoms with van der Waals surface area (Å²) < 4.78 is 39.6. The second-order valence-electron chi connectivity index (χ2n) is 8.39. The van der Waals surface area contributed by atoms with Gasteiger partial charge in [0, 0.05) is 36.3 Å². The molecule has 206 valence electrons. The molecule has 3 rings (SSSR count). The lowest BCUT2D eigenvalue weighted by atomic mass is 10.0. The maximum absolute atomic E-state index is 13.3. The zero-order valence-electron chi connectivity index (χ0n) is 21.8. The highest BCUT2D eigenvalue weighted by atomic mass is 35.5.